The zero-order chi connectivity index (χ0) is 15.2. The Morgan fingerprint density at radius 3 is 2.76 bits per heavy atom. The third-order valence-corrected chi connectivity index (χ3v) is 4.07. The number of nitrogens with zero attached hydrogens (tertiary/aromatic N) is 2. The molecule has 0 radical (unpaired) electrons. The third-order valence-electron chi connectivity index (χ3n) is 3.44. The predicted molar refractivity (Wildman–Crippen MR) is 91.9 cm³/mol. The van der Waals surface area contributed by atoms with Crippen LogP contribution in [0.4, 0.5) is 5.69 Å². The topological polar surface area (TPSA) is 28.2 Å². The molecule has 21 heavy (non-hydrogen) atoms. The Balaban J connectivity index is 1.98. The minimum atomic E-state index is 0.689. The normalized spacial score (nSPS) is 11.1. The number of hydrogen-bond acceptors (Lipinski definition) is 4. The fraction of sp³-hybridized carbons (Fsp3) is 0.471. The van der Waals surface area contributed by atoms with Crippen LogP contribution in [0.25, 0.3) is 0 Å². The smallest absolute Gasteiger partial charge is 0.0795 e. The van der Waals surface area contributed by atoms with Gasteiger partial charge in [-0.3, -0.25) is 0 Å². The first-order chi connectivity index (χ1) is 10.1. The maximum Gasteiger partial charge on any atom is 0.0795 e. The zero-order valence-corrected chi connectivity index (χ0v) is 14.2. The van der Waals surface area contributed by atoms with Gasteiger partial charge in [0.15, 0.2) is 0 Å². The number of hydrogen-bond donors (Lipinski definition) is 1. The second-order valence-corrected chi connectivity index (χ2v) is 6.70. The highest BCUT2D eigenvalue weighted by Gasteiger charge is 2.07. The molecule has 1 aromatic carbocycles. The van der Waals surface area contributed by atoms with Gasteiger partial charge < -0.3 is 10.2 Å². The third kappa shape index (κ3) is 4.83. The van der Waals surface area contributed by atoms with Crippen LogP contribution in [0.1, 0.15) is 30.7 Å². The van der Waals surface area contributed by atoms with E-state index in [-0.39, 0.29) is 0 Å². The van der Waals surface area contributed by atoms with E-state index in [9.17, 15) is 0 Å². The molecule has 0 bridgehead atoms. The number of aryl methyl sites for hydroxylation is 1. The van der Waals surface area contributed by atoms with Gasteiger partial charge in [-0.05, 0) is 36.6 Å². The number of benzene rings is 1. The maximum absolute atomic E-state index is 4.35. The lowest BCUT2D eigenvalue weighted by Gasteiger charge is -2.21. The summed E-state index contributed by atoms with van der Waals surface area (Å²) in [5.74, 6) is 0.689. The van der Waals surface area contributed by atoms with Crippen LogP contribution in [0.2, 0.25) is 0 Å². The van der Waals surface area contributed by atoms with Crippen LogP contribution in [0.3, 0.4) is 0 Å². The zero-order valence-electron chi connectivity index (χ0n) is 13.4. The number of nitrogens with one attached hydrogen (secondary N) is 1. The van der Waals surface area contributed by atoms with Crippen molar-refractivity contribution in [3.8, 4) is 0 Å². The Kier molecular flexibility index (Phi) is 5.76. The molecule has 0 spiro atoms. The van der Waals surface area contributed by atoms with Gasteiger partial charge in [0.1, 0.15) is 0 Å². The summed E-state index contributed by atoms with van der Waals surface area (Å²) in [6.45, 7) is 9.50. The van der Waals surface area contributed by atoms with E-state index in [0.717, 1.165) is 25.3 Å². The van der Waals surface area contributed by atoms with Gasteiger partial charge in [-0.25, -0.2) is 4.98 Å². The molecule has 0 aliphatic heterocycles. The van der Waals surface area contributed by atoms with E-state index in [1.807, 2.05) is 5.51 Å². The van der Waals surface area contributed by atoms with Crippen LogP contribution < -0.4 is 10.2 Å². The van der Waals surface area contributed by atoms with Crippen LogP contribution >= 0.6 is 11.3 Å². The Labute approximate surface area is 132 Å². The molecule has 0 saturated carbocycles. The van der Waals surface area contributed by atoms with Gasteiger partial charge in [0.05, 0.1) is 17.7 Å². The fourth-order valence-corrected chi connectivity index (χ4v) is 2.95. The van der Waals surface area contributed by atoms with E-state index in [1.54, 1.807) is 11.3 Å². The SMILES string of the molecule is Cc1cc(CNCC(C)C)ccc1N(C)Cc1cscn1. The van der Waals surface area contributed by atoms with E-state index >= 15 is 0 Å². The van der Waals surface area contributed by atoms with Crippen molar-refractivity contribution in [2.75, 3.05) is 18.5 Å². The summed E-state index contributed by atoms with van der Waals surface area (Å²) in [7, 11) is 2.12. The highest BCUT2D eigenvalue weighted by molar-refractivity contribution is 7.07. The Morgan fingerprint density at radius 2 is 2.14 bits per heavy atom. The molecule has 2 aromatic rings. The lowest BCUT2D eigenvalue weighted by molar-refractivity contribution is 0.552. The molecule has 0 atom stereocenters. The Hall–Kier alpha value is -1.39. The standard InChI is InChI=1S/C17H25N3S/c1-13(2)8-18-9-15-5-6-17(14(3)7-15)20(4)10-16-11-21-12-19-16/h5-7,11-13,18H,8-10H2,1-4H3. The van der Waals surface area contributed by atoms with Gasteiger partial charge in [0, 0.05) is 24.7 Å². The molecule has 3 nitrogen and oxygen atoms in total. The second kappa shape index (κ2) is 7.57. The molecule has 114 valence electrons. The summed E-state index contributed by atoms with van der Waals surface area (Å²) in [5, 5.41) is 5.60. The minimum Gasteiger partial charge on any atom is -0.368 e. The van der Waals surface area contributed by atoms with Crippen molar-refractivity contribution < 1.29 is 0 Å². The fourth-order valence-electron chi connectivity index (χ4n) is 2.40. The molecule has 1 aromatic heterocycles. The van der Waals surface area contributed by atoms with E-state index in [0.29, 0.717) is 5.92 Å². The summed E-state index contributed by atoms with van der Waals surface area (Å²) in [4.78, 5) is 6.61. The quantitative estimate of drug-likeness (QED) is 0.842. The Morgan fingerprint density at radius 1 is 1.33 bits per heavy atom. The molecular weight excluding hydrogens is 278 g/mol. The van der Waals surface area contributed by atoms with Crippen LogP contribution in [0.15, 0.2) is 29.1 Å². The molecule has 0 fully saturated rings. The highest BCUT2D eigenvalue weighted by Crippen LogP contribution is 2.22. The average Bonchev–Trinajstić information content (AvgIpc) is 2.91. The summed E-state index contributed by atoms with van der Waals surface area (Å²) in [6, 6.07) is 6.71. The van der Waals surface area contributed by atoms with Gasteiger partial charge in [0.25, 0.3) is 0 Å². The summed E-state index contributed by atoms with van der Waals surface area (Å²) < 4.78 is 0. The lowest BCUT2D eigenvalue weighted by atomic mass is 10.1. The first-order valence-corrected chi connectivity index (χ1v) is 8.39. The molecule has 0 amide bonds. The monoisotopic (exact) mass is 303 g/mol. The van der Waals surface area contributed by atoms with Crippen molar-refractivity contribution in [2.24, 2.45) is 5.92 Å². The minimum absolute atomic E-state index is 0.689. The van der Waals surface area contributed by atoms with E-state index < -0.39 is 0 Å². The van der Waals surface area contributed by atoms with Crippen LogP contribution in [-0.2, 0) is 13.1 Å². The molecule has 0 aliphatic carbocycles. The van der Waals surface area contributed by atoms with Crippen LogP contribution in [-0.4, -0.2) is 18.6 Å². The number of anilines is 1. The molecule has 4 heteroatoms. The highest BCUT2D eigenvalue weighted by atomic mass is 32.1. The number of thiazole rings is 1. The summed E-state index contributed by atoms with van der Waals surface area (Å²) in [5.41, 5.74) is 6.95. The van der Waals surface area contributed by atoms with E-state index in [1.165, 1.54) is 16.8 Å². The summed E-state index contributed by atoms with van der Waals surface area (Å²) in [6.07, 6.45) is 0. The molecular formula is C17H25N3S. The van der Waals surface area contributed by atoms with Crippen LogP contribution in [0.5, 0.6) is 0 Å². The maximum atomic E-state index is 4.35. The first-order valence-electron chi connectivity index (χ1n) is 7.44. The second-order valence-electron chi connectivity index (χ2n) is 5.98. The molecule has 2 rings (SSSR count). The molecule has 0 unspecified atom stereocenters. The van der Waals surface area contributed by atoms with E-state index in [4.69, 9.17) is 0 Å². The van der Waals surface area contributed by atoms with Crippen molar-refractivity contribution in [2.45, 2.75) is 33.9 Å². The van der Waals surface area contributed by atoms with Gasteiger partial charge in [-0.1, -0.05) is 26.0 Å². The van der Waals surface area contributed by atoms with Gasteiger partial charge in [0.2, 0.25) is 0 Å². The first kappa shape index (κ1) is 16.0. The van der Waals surface area contributed by atoms with Gasteiger partial charge >= 0.3 is 0 Å². The average molecular weight is 303 g/mol. The van der Waals surface area contributed by atoms with Gasteiger partial charge in [-0.15, -0.1) is 11.3 Å². The molecule has 0 saturated heterocycles. The van der Waals surface area contributed by atoms with Crippen molar-refractivity contribution in [1.29, 1.82) is 0 Å². The predicted octanol–water partition coefficient (Wildman–Crippen LogP) is 3.83. The van der Waals surface area contributed by atoms with Gasteiger partial charge in [-0.2, -0.15) is 0 Å². The van der Waals surface area contributed by atoms with Crippen molar-refractivity contribution in [3.63, 3.8) is 0 Å². The molecule has 1 N–H and O–H groups in total. The van der Waals surface area contributed by atoms with Crippen LogP contribution in [0, 0.1) is 12.8 Å². The number of aromatic nitrogens is 1. The molecule has 1 heterocycles. The van der Waals surface area contributed by atoms with Crippen molar-refractivity contribution in [3.05, 3.63) is 45.9 Å². The number of rotatable bonds is 7. The van der Waals surface area contributed by atoms with E-state index in [2.05, 4.69) is 66.6 Å². The van der Waals surface area contributed by atoms with Crippen molar-refractivity contribution >= 4 is 17.0 Å². The largest absolute Gasteiger partial charge is 0.368 e. The van der Waals surface area contributed by atoms with Crippen molar-refractivity contribution in [1.82, 2.24) is 10.3 Å². The molecule has 0 aliphatic rings. The lowest BCUT2D eigenvalue weighted by Crippen LogP contribution is -2.20. The summed E-state index contributed by atoms with van der Waals surface area (Å²) >= 11 is 1.65. The Bertz CT molecular complexity index is 549.